The Hall–Kier alpha value is -7.20. The fourth-order valence-electron chi connectivity index (χ4n) is 8.32. The number of nitrogens with zero attached hydrogens (tertiary/aromatic N) is 1. The van der Waals surface area contributed by atoms with Gasteiger partial charge in [-0.2, -0.15) is 0 Å². The average molecular weight is 746 g/mol. The van der Waals surface area contributed by atoms with Crippen molar-refractivity contribution in [1.29, 1.82) is 0 Å². The largest absolute Gasteiger partial charge is 0.455 e. The third-order valence-corrected chi connectivity index (χ3v) is 12.3. The van der Waals surface area contributed by atoms with Gasteiger partial charge in [0.05, 0.1) is 11.1 Å². The van der Waals surface area contributed by atoms with Gasteiger partial charge < -0.3 is 9.32 Å². The Bertz CT molecular complexity index is 3200. The summed E-state index contributed by atoms with van der Waals surface area (Å²) in [5, 5.41) is 4.80. The molecule has 0 bridgehead atoms. The van der Waals surface area contributed by atoms with Crippen LogP contribution in [0.3, 0.4) is 0 Å². The van der Waals surface area contributed by atoms with Crippen LogP contribution in [-0.2, 0) is 0 Å². The zero-order valence-electron chi connectivity index (χ0n) is 31.0. The fourth-order valence-corrected chi connectivity index (χ4v) is 9.56. The Kier molecular flexibility index (Phi) is 8.04. The highest BCUT2D eigenvalue weighted by Crippen LogP contribution is 2.47. The van der Waals surface area contributed by atoms with Crippen LogP contribution >= 0.6 is 11.3 Å². The number of hydrogen-bond donors (Lipinski definition) is 0. The van der Waals surface area contributed by atoms with Gasteiger partial charge in [0.15, 0.2) is 0 Å². The molecule has 268 valence electrons. The summed E-state index contributed by atoms with van der Waals surface area (Å²) >= 11 is 1.87. The molecular formula is C54H35NOS. The zero-order valence-corrected chi connectivity index (χ0v) is 31.8. The summed E-state index contributed by atoms with van der Waals surface area (Å²) in [6, 6.07) is 76.2. The molecular weight excluding hydrogens is 711 g/mol. The molecule has 0 saturated carbocycles. The van der Waals surface area contributed by atoms with Crippen LogP contribution < -0.4 is 4.90 Å². The summed E-state index contributed by atoms with van der Waals surface area (Å²) < 4.78 is 9.37. The number of hydrogen-bond acceptors (Lipinski definition) is 3. The topological polar surface area (TPSA) is 16.4 Å². The van der Waals surface area contributed by atoms with Gasteiger partial charge in [-0.25, -0.2) is 0 Å². The number of benzene rings is 9. The fraction of sp³-hybridized carbons (Fsp3) is 0. The number of rotatable bonds is 7. The van der Waals surface area contributed by atoms with Crippen molar-refractivity contribution in [2.24, 2.45) is 0 Å². The molecule has 9 aromatic carbocycles. The Morgan fingerprint density at radius 3 is 1.54 bits per heavy atom. The quantitative estimate of drug-likeness (QED) is 0.162. The van der Waals surface area contributed by atoms with E-state index < -0.39 is 0 Å². The second-order valence-corrected chi connectivity index (χ2v) is 15.5. The SMILES string of the molecule is c1ccc(-c2ccc(-c3ccc(N(c4ccc(-c5cccc6c5sc5ccccc56)cc4)c4ccc(-c5ccccc5)c5oc6ccccc6c45)cc3)cc2)cc1. The Morgan fingerprint density at radius 2 is 0.860 bits per heavy atom. The molecule has 0 radical (unpaired) electrons. The molecule has 3 heteroatoms. The molecule has 11 rings (SSSR count). The molecule has 57 heavy (non-hydrogen) atoms. The van der Waals surface area contributed by atoms with Crippen molar-refractivity contribution in [3.8, 4) is 44.5 Å². The van der Waals surface area contributed by atoms with E-state index in [1.165, 1.54) is 53.6 Å². The van der Waals surface area contributed by atoms with Crippen LogP contribution in [0.2, 0.25) is 0 Å². The van der Waals surface area contributed by atoms with E-state index in [4.69, 9.17) is 4.42 Å². The first-order valence-corrected chi connectivity index (χ1v) is 20.1. The van der Waals surface area contributed by atoms with Crippen molar-refractivity contribution in [1.82, 2.24) is 0 Å². The van der Waals surface area contributed by atoms with Gasteiger partial charge in [-0.05, 0) is 87.5 Å². The molecule has 11 aromatic rings. The van der Waals surface area contributed by atoms with Crippen LogP contribution in [0, 0.1) is 0 Å². The zero-order chi connectivity index (χ0) is 37.7. The lowest BCUT2D eigenvalue weighted by Crippen LogP contribution is -2.10. The van der Waals surface area contributed by atoms with Gasteiger partial charge in [-0.3, -0.25) is 0 Å². The van der Waals surface area contributed by atoms with E-state index in [-0.39, 0.29) is 0 Å². The summed E-state index contributed by atoms with van der Waals surface area (Å²) in [4.78, 5) is 2.38. The molecule has 0 amide bonds. The third-order valence-electron chi connectivity index (χ3n) is 11.1. The predicted molar refractivity (Wildman–Crippen MR) is 243 cm³/mol. The number of fused-ring (bicyclic) bond motifs is 6. The van der Waals surface area contributed by atoms with E-state index in [9.17, 15) is 0 Å². The highest BCUT2D eigenvalue weighted by Gasteiger charge is 2.22. The van der Waals surface area contributed by atoms with E-state index in [1.54, 1.807) is 0 Å². The number of thiophene rings is 1. The van der Waals surface area contributed by atoms with E-state index in [0.29, 0.717) is 0 Å². The predicted octanol–water partition coefficient (Wildman–Crippen LogP) is 16.1. The summed E-state index contributed by atoms with van der Waals surface area (Å²) in [6.45, 7) is 0. The van der Waals surface area contributed by atoms with Crippen LogP contribution in [0.25, 0.3) is 86.6 Å². The number of furan rings is 1. The van der Waals surface area contributed by atoms with E-state index in [1.807, 2.05) is 17.4 Å². The number of anilines is 3. The molecule has 0 N–H and O–H groups in total. The Morgan fingerprint density at radius 1 is 0.351 bits per heavy atom. The number of para-hydroxylation sites is 1. The van der Waals surface area contributed by atoms with Crippen LogP contribution in [0.5, 0.6) is 0 Å². The minimum Gasteiger partial charge on any atom is -0.455 e. The molecule has 0 atom stereocenters. The molecule has 0 aliphatic rings. The van der Waals surface area contributed by atoms with Gasteiger partial charge in [0.1, 0.15) is 11.2 Å². The van der Waals surface area contributed by atoms with E-state index >= 15 is 0 Å². The highest BCUT2D eigenvalue weighted by molar-refractivity contribution is 7.26. The maximum Gasteiger partial charge on any atom is 0.145 e. The van der Waals surface area contributed by atoms with E-state index in [2.05, 4.69) is 211 Å². The maximum absolute atomic E-state index is 6.74. The Balaban J connectivity index is 1.06. The molecule has 2 nitrogen and oxygen atoms in total. The van der Waals surface area contributed by atoms with Gasteiger partial charge in [-0.15, -0.1) is 11.3 Å². The van der Waals surface area contributed by atoms with Gasteiger partial charge in [0, 0.05) is 42.5 Å². The van der Waals surface area contributed by atoms with Crippen molar-refractivity contribution in [3.05, 3.63) is 212 Å². The summed E-state index contributed by atoms with van der Waals surface area (Å²) in [5.74, 6) is 0. The molecule has 2 heterocycles. The molecule has 0 aliphatic carbocycles. The first kappa shape index (κ1) is 33.2. The standard InChI is InChI=1S/C54H35NOS/c1-3-12-36(13-4-1)37-22-24-38(25-23-37)39-26-30-42(31-27-39)55(43-32-28-41(29-33-43)45-18-11-19-47-46-16-8-10-21-51(46)57-54(45)47)49-35-34-44(40-14-5-2-6-15-40)53-52(49)48-17-7-9-20-50(48)56-53/h1-35H. The maximum atomic E-state index is 6.74. The van der Waals surface area contributed by atoms with E-state index in [0.717, 1.165) is 50.1 Å². The summed E-state index contributed by atoms with van der Waals surface area (Å²) in [5.41, 5.74) is 14.4. The molecule has 0 saturated heterocycles. The minimum absolute atomic E-state index is 0.873. The van der Waals surface area contributed by atoms with Gasteiger partial charge in [-0.1, -0.05) is 164 Å². The van der Waals surface area contributed by atoms with Crippen molar-refractivity contribution in [2.75, 3.05) is 4.90 Å². The molecule has 0 spiro atoms. The van der Waals surface area contributed by atoms with Crippen LogP contribution in [0.1, 0.15) is 0 Å². The lowest BCUT2D eigenvalue weighted by molar-refractivity contribution is 0.670. The molecule has 0 unspecified atom stereocenters. The van der Waals surface area contributed by atoms with Crippen molar-refractivity contribution < 1.29 is 4.42 Å². The lowest BCUT2D eigenvalue weighted by atomic mass is 9.98. The molecule has 0 aliphatic heterocycles. The van der Waals surface area contributed by atoms with Gasteiger partial charge in [0.25, 0.3) is 0 Å². The minimum atomic E-state index is 0.873. The summed E-state index contributed by atoms with van der Waals surface area (Å²) in [7, 11) is 0. The third kappa shape index (κ3) is 5.80. The van der Waals surface area contributed by atoms with Crippen molar-refractivity contribution in [3.63, 3.8) is 0 Å². The van der Waals surface area contributed by atoms with Crippen LogP contribution in [0.4, 0.5) is 17.1 Å². The van der Waals surface area contributed by atoms with Crippen LogP contribution in [-0.4, -0.2) is 0 Å². The second-order valence-electron chi connectivity index (χ2n) is 14.5. The average Bonchev–Trinajstić information content (AvgIpc) is 3.87. The van der Waals surface area contributed by atoms with Crippen molar-refractivity contribution >= 4 is 70.5 Å². The Labute approximate surface area is 335 Å². The normalized spacial score (nSPS) is 11.5. The lowest BCUT2D eigenvalue weighted by Gasteiger charge is -2.27. The summed E-state index contributed by atoms with van der Waals surface area (Å²) in [6.07, 6.45) is 0. The van der Waals surface area contributed by atoms with Gasteiger partial charge in [0.2, 0.25) is 0 Å². The molecule has 2 aromatic heterocycles. The van der Waals surface area contributed by atoms with Crippen LogP contribution in [0.15, 0.2) is 217 Å². The first-order chi connectivity index (χ1) is 28.3. The highest BCUT2D eigenvalue weighted by atomic mass is 32.1. The first-order valence-electron chi connectivity index (χ1n) is 19.3. The van der Waals surface area contributed by atoms with Gasteiger partial charge >= 0.3 is 0 Å². The monoisotopic (exact) mass is 745 g/mol. The second kappa shape index (κ2) is 13.8. The smallest absolute Gasteiger partial charge is 0.145 e. The van der Waals surface area contributed by atoms with Crippen molar-refractivity contribution in [2.45, 2.75) is 0 Å². The molecule has 0 fully saturated rings.